The van der Waals surface area contributed by atoms with Gasteiger partial charge in [-0.2, -0.15) is 0 Å². The van der Waals surface area contributed by atoms with Crippen LogP contribution in [-0.4, -0.2) is 30.3 Å². The van der Waals surface area contributed by atoms with E-state index in [9.17, 15) is 14.7 Å². The Labute approximate surface area is 223 Å². The van der Waals surface area contributed by atoms with Crippen LogP contribution in [0.3, 0.4) is 0 Å². The predicted octanol–water partition coefficient (Wildman–Crippen LogP) is 6.14. The summed E-state index contributed by atoms with van der Waals surface area (Å²) in [5.74, 6) is 2.42. The van der Waals surface area contributed by atoms with Crippen LogP contribution in [0.1, 0.15) is 89.5 Å². The molecule has 6 atom stereocenters. The molecule has 202 valence electrons. The second-order valence-electron chi connectivity index (χ2n) is 12.0. The lowest BCUT2D eigenvalue weighted by atomic mass is 9.80. The summed E-state index contributed by atoms with van der Waals surface area (Å²) in [4.78, 5) is 26.8. The molecule has 1 heterocycles. The van der Waals surface area contributed by atoms with Crippen LogP contribution < -0.4 is 9.47 Å². The predicted molar refractivity (Wildman–Crippen MR) is 139 cm³/mol. The van der Waals surface area contributed by atoms with Crippen LogP contribution in [0.25, 0.3) is 0 Å². The van der Waals surface area contributed by atoms with E-state index in [1.165, 1.54) is 13.5 Å². The van der Waals surface area contributed by atoms with Crippen molar-refractivity contribution in [3.8, 4) is 17.2 Å². The molecule has 2 aromatic rings. The number of benzene rings is 2. The average molecular weight is 521 g/mol. The van der Waals surface area contributed by atoms with Crippen LogP contribution in [0.5, 0.6) is 17.2 Å². The van der Waals surface area contributed by atoms with Crippen molar-refractivity contribution < 1.29 is 33.6 Å². The minimum atomic E-state index is -0.814. The number of hydrogen-bond donors (Lipinski definition) is 1. The van der Waals surface area contributed by atoms with Gasteiger partial charge in [-0.25, -0.2) is 9.59 Å². The topological polar surface area (TPSA) is 91.3 Å². The van der Waals surface area contributed by atoms with Crippen LogP contribution in [0.4, 0.5) is 0 Å². The monoisotopic (exact) mass is 520 g/mol. The van der Waals surface area contributed by atoms with Crippen molar-refractivity contribution in [3.05, 3.63) is 52.1 Å². The number of esters is 2. The third-order valence-electron chi connectivity index (χ3n) is 8.93. The number of rotatable bonds is 6. The number of cyclic esters (lactones) is 1. The molecule has 6 unspecified atom stereocenters. The van der Waals surface area contributed by atoms with Gasteiger partial charge in [0.25, 0.3) is 0 Å². The van der Waals surface area contributed by atoms with E-state index in [1.54, 1.807) is 18.2 Å². The third-order valence-corrected chi connectivity index (χ3v) is 8.93. The second kappa shape index (κ2) is 9.60. The van der Waals surface area contributed by atoms with Crippen LogP contribution in [0, 0.1) is 36.5 Å². The van der Waals surface area contributed by atoms with E-state index < -0.39 is 18.0 Å². The lowest BCUT2D eigenvalue weighted by Gasteiger charge is -2.32. The molecule has 2 aromatic carbocycles. The van der Waals surface area contributed by atoms with Gasteiger partial charge >= 0.3 is 11.9 Å². The number of aliphatic hydroxyl groups excluding tert-OH is 1. The van der Waals surface area contributed by atoms with Gasteiger partial charge in [0.15, 0.2) is 0 Å². The number of carbonyl (C=O) groups is 2. The van der Waals surface area contributed by atoms with Crippen molar-refractivity contribution >= 4 is 11.9 Å². The Hall–Kier alpha value is -3.06. The van der Waals surface area contributed by atoms with Gasteiger partial charge in [0.05, 0.1) is 13.2 Å². The first-order chi connectivity index (χ1) is 18.2. The van der Waals surface area contributed by atoms with Crippen molar-refractivity contribution in [3.63, 3.8) is 0 Å². The minimum Gasteiger partial charge on any atom is -0.495 e. The molecule has 0 amide bonds. The van der Waals surface area contributed by atoms with Gasteiger partial charge in [0.2, 0.25) is 0 Å². The molecule has 0 aromatic heterocycles. The Balaban J connectivity index is 1.36. The molecule has 4 saturated carbocycles. The summed E-state index contributed by atoms with van der Waals surface area (Å²) < 4.78 is 23.8. The first-order valence-electron chi connectivity index (χ1n) is 13.8. The Morgan fingerprint density at radius 2 is 1.92 bits per heavy atom. The quantitative estimate of drug-likeness (QED) is 0.458. The summed E-state index contributed by atoms with van der Waals surface area (Å²) in [6.45, 7) is 5.87. The van der Waals surface area contributed by atoms with E-state index in [1.807, 2.05) is 26.8 Å². The number of ether oxygens (including phenoxy) is 4. The maximum absolute atomic E-state index is 13.7. The van der Waals surface area contributed by atoms with Crippen molar-refractivity contribution in [2.24, 2.45) is 29.6 Å². The number of carbonyl (C=O) groups excluding carboxylic acids is 2. The highest BCUT2D eigenvalue weighted by Gasteiger charge is 2.55. The summed E-state index contributed by atoms with van der Waals surface area (Å²) in [6, 6.07) is 6.99. The summed E-state index contributed by atoms with van der Waals surface area (Å²) >= 11 is 0. The van der Waals surface area contributed by atoms with Crippen molar-refractivity contribution in [1.82, 2.24) is 0 Å². The Kier molecular flexibility index (Phi) is 6.37. The van der Waals surface area contributed by atoms with Crippen molar-refractivity contribution in [2.45, 2.75) is 71.7 Å². The molecule has 7 rings (SSSR count). The lowest BCUT2D eigenvalue weighted by molar-refractivity contribution is -0.00617. The first kappa shape index (κ1) is 25.2. The molecule has 1 aliphatic heterocycles. The fourth-order valence-corrected chi connectivity index (χ4v) is 7.51. The van der Waals surface area contributed by atoms with Gasteiger partial charge < -0.3 is 24.1 Å². The average Bonchev–Trinajstić information content (AvgIpc) is 3.28. The van der Waals surface area contributed by atoms with Crippen molar-refractivity contribution in [1.29, 1.82) is 0 Å². The number of hydrogen-bond acceptors (Lipinski definition) is 7. The maximum Gasteiger partial charge on any atom is 0.346 e. The molecule has 0 spiro atoms. The van der Waals surface area contributed by atoms with Gasteiger partial charge in [-0.15, -0.1) is 0 Å². The maximum atomic E-state index is 13.7. The molecule has 7 nitrogen and oxygen atoms in total. The lowest BCUT2D eigenvalue weighted by Crippen LogP contribution is -2.33. The highest BCUT2D eigenvalue weighted by Crippen LogP contribution is 2.59. The molecule has 0 saturated heterocycles. The van der Waals surface area contributed by atoms with Crippen LogP contribution in [0.2, 0.25) is 0 Å². The summed E-state index contributed by atoms with van der Waals surface area (Å²) in [6.07, 6.45) is 4.41. The van der Waals surface area contributed by atoms with Crippen LogP contribution in [-0.2, 0) is 16.1 Å². The minimum absolute atomic E-state index is 0.0359. The SMILES string of the molecule is COc1c(C(O)CC(C)C)ccc2c1C(=O)OCc1cc(C)cc(C(=O)OC3C4CC5CC(C4)C3C5)c1O2. The van der Waals surface area contributed by atoms with Crippen LogP contribution >= 0.6 is 0 Å². The van der Waals surface area contributed by atoms with Gasteiger partial charge in [-0.3, -0.25) is 0 Å². The number of aliphatic hydroxyl groups is 1. The highest BCUT2D eigenvalue weighted by atomic mass is 16.6. The molecule has 7 heteroatoms. The third kappa shape index (κ3) is 4.25. The molecule has 4 bridgehead atoms. The Morgan fingerprint density at radius 3 is 2.66 bits per heavy atom. The summed E-state index contributed by atoms with van der Waals surface area (Å²) in [5.41, 5.74) is 2.39. The largest absolute Gasteiger partial charge is 0.495 e. The normalized spacial score (nSPS) is 27.6. The zero-order chi connectivity index (χ0) is 26.7. The van der Waals surface area contributed by atoms with Crippen LogP contribution in [0.15, 0.2) is 24.3 Å². The summed E-state index contributed by atoms with van der Waals surface area (Å²) in [5, 5.41) is 10.8. The fraction of sp³-hybridized carbons (Fsp3) is 0.548. The van der Waals surface area contributed by atoms with E-state index in [4.69, 9.17) is 18.9 Å². The van der Waals surface area contributed by atoms with Crippen molar-refractivity contribution in [2.75, 3.05) is 7.11 Å². The van der Waals surface area contributed by atoms with Gasteiger partial charge in [0, 0.05) is 11.1 Å². The van der Waals surface area contributed by atoms with E-state index in [0.29, 0.717) is 46.6 Å². The Bertz CT molecular complexity index is 1280. The molecule has 4 fully saturated rings. The van der Waals surface area contributed by atoms with Gasteiger partial charge in [-0.1, -0.05) is 13.8 Å². The van der Waals surface area contributed by atoms with E-state index in [2.05, 4.69) is 0 Å². The first-order valence-corrected chi connectivity index (χ1v) is 13.8. The number of methoxy groups -OCH3 is 1. The number of fused-ring (bicyclic) bond motifs is 2. The zero-order valence-electron chi connectivity index (χ0n) is 22.5. The highest BCUT2D eigenvalue weighted by molar-refractivity contribution is 5.98. The van der Waals surface area contributed by atoms with Gasteiger partial charge in [-0.05, 0) is 98.4 Å². The second-order valence-corrected chi connectivity index (χ2v) is 12.0. The zero-order valence-corrected chi connectivity index (χ0v) is 22.5. The van der Waals surface area contributed by atoms with E-state index >= 15 is 0 Å². The number of aryl methyl sites for hydroxylation is 1. The molecular weight excluding hydrogens is 484 g/mol. The molecule has 4 aliphatic carbocycles. The summed E-state index contributed by atoms with van der Waals surface area (Å²) in [7, 11) is 1.45. The van der Waals surface area contributed by atoms with E-state index in [-0.39, 0.29) is 35.7 Å². The van der Waals surface area contributed by atoms with E-state index in [0.717, 1.165) is 30.7 Å². The standard InChI is InChI=1S/C31H36O7/c1-15(2)7-24(32)21-5-6-25-26(29(21)35-4)31(34)36-14-20-8-16(3)9-23(28(20)37-25)30(33)38-27-19-11-17-10-18(13-19)22(27)12-17/h5-6,8-9,15,17-19,22,24,27,32H,7,10-14H2,1-4H3. The van der Waals surface area contributed by atoms with Gasteiger partial charge in [0.1, 0.15) is 41.1 Å². The fourth-order valence-electron chi connectivity index (χ4n) is 7.51. The molecule has 38 heavy (non-hydrogen) atoms. The molecule has 0 radical (unpaired) electrons. The molecule has 5 aliphatic rings. The molecular formula is C31H36O7. The Morgan fingerprint density at radius 1 is 1.13 bits per heavy atom. The molecule has 1 N–H and O–H groups in total. The smallest absolute Gasteiger partial charge is 0.346 e.